The van der Waals surface area contributed by atoms with Gasteiger partial charge in [-0.3, -0.25) is 4.79 Å². The summed E-state index contributed by atoms with van der Waals surface area (Å²) < 4.78 is 5.86. The van der Waals surface area contributed by atoms with Gasteiger partial charge in [-0.15, -0.1) is 0 Å². The van der Waals surface area contributed by atoms with Crippen LogP contribution in [0.2, 0.25) is 0 Å². The van der Waals surface area contributed by atoms with Crippen LogP contribution in [0.5, 0.6) is 0 Å². The number of hydrogen-bond acceptors (Lipinski definition) is 4. The van der Waals surface area contributed by atoms with Gasteiger partial charge < -0.3 is 39.4 Å². The van der Waals surface area contributed by atoms with Crippen molar-refractivity contribution in [3.05, 3.63) is 183 Å². The average Bonchev–Trinajstić information content (AvgIpc) is 2.54. The monoisotopic (exact) mass is 1210 g/mol. The van der Waals surface area contributed by atoms with E-state index in [2.05, 4.69) is 117 Å². The van der Waals surface area contributed by atoms with E-state index in [4.69, 9.17) is 15.3 Å². The number of H-pyrrole nitrogens is 3. The Balaban J connectivity index is 0.000000116. The van der Waals surface area contributed by atoms with Gasteiger partial charge in [-0.2, -0.15) is 0 Å². The van der Waals surface area contributed by atoms with Gasteiger partial charge in [0.2, 0.25) is 0 Å². The summed E-state index contributed by atoms with van der Waals surface area (Å²) in [7, 11) is 4.32. The highest BCUT2D eigenvalue weighted by Crippen LogP contribution is 2.44. The van der Waals surface area contributed by atoms with Gasteiger partial charge in [0.1, 0.15) is 11.3 Å². The summed E-state index contributed by atoms with van der Waals surface area (Å²) in [6.07, 6.45) is 34.2. The zero-order valence-electron chi connectivity index (χ0n) is 49.6. The molecule has 0 spiro atoms. The number of carbonyl (C=O) groups is 4. The molecule has 12 nitrogen and oxygen atoms in total. The first kappa shape index (κ1) is 60.2. The summed E-state index contributed by atoms with van der Waals surface area (Å²) in [6, 6.07) is 31.3. The number of aromatic nitrogens is 5. The molecule has 0 saturated heterocycles. The highest BCUT2D eigenvalue weighted by molar-refractivity contribution is 9.10. The van der Waals surface area contributed by atoms with E-state index in [1.807, 2.05) is 30.6 Å². The Morgan fingerprint density at radius 2 is 1.09 bits per heavy atom. The Labute approximate surface area is 505 Å². The van der Waals surface area contributed by atoms with Crippen molar-refractivity contribution >= 4 is 99.7 Å². The van der Waals surface area contributed by atoms with E-state index in [-0.39, 0.29) is 0 Å². The number of aryl methyl sites for hydroxylation is 4. The summed E-state index contributed by atoms with van der Waals surface area (Å²) in [5.74, 6) is 0.273. The molecular weight excluding hydrogens is 1130 g/mol. The average molecular weight is 1210 g/mol. The van der Waals surface area contributed by atoms with Crippen molar-refractivity contribution in [1.82, 2.24) is 24.1 Å². The molecule has 5 aromatic heterocycles. The summed E-state index contributed by atoms with van der Waals surface area (Å²) >= 11 is 3.79. The minimum atomic E-state index is -0.897. The number of carboxylic acids is 2. The lowest BCUT2D eigenvalue weighted by atomic mass is 9.97. The van der Waals surface area contributed by atoms with Crippen molar-refractivity contribution in [3.63, 3.8) is 0 Å². The topological polar surface area (TPSA) is 189 Å². The minimum absolute atomic E-state index is 0.310. The van der Waals surface area contributed by atoms with Crippen LogP contribution in [0.15, 0.2) is 133 Å². The number of allylic oxidation sites excluding steroid dienone is 2. The van der Waals surface area contributed by atoms with E-state index in [1.54, 1.807) is 59.8 Å². The van der Waals surface area contributed by atoms with Gasteiger partial charge in [0.05, 0.1) is 15.7 Å². The first-order chi connectivity index (χ1) is 41.1. The minimum Gasteiger partial charge on any atom is -0.561 e. The molecular formula is C72H81BrN5O7+. The third kappa shape index (κ3) is 14.1. The summed E-state index contributed by atoms with van der Waals surface area (Å²) in [4.78, 5) is 52.0. The summed E-state index contributed by atoms with van der Waals surface area (Å²) in [6.45, 7) is 4.33. The predicted molar refractivity (Wildman–Crippen MR) is 349 cm³/mol. The Kier molecular flexibility index (Phi) is 19.4. The van der Waals surface area contributed by atoms with Crippen molar-refractivity contribution in [2.75, 3.05) is 0 Å². The van der Waals surface area contributed by atoms with Crippen LogP contribution in [-0.4, -0.2) is 63.1 Å². The number of nitrogens with one attached hydrogen (secondary N) is 3. The number of aromatic carboxylic acids is 2. The highest BCUT2D eigenvalue weighted by Gasteiger charge is 2.26. The van der Waals surface area contributed by atoms with Gasteiger partial charge in [-0.25, -0.2) is 9.59 Å². The van der Waals surface area contributed by atoms with Crippen molar-refractivity contribution in [2.45, 2.75) is 154 Å². The maximum Gasteiger partial charge on any atom is 0.549 e. The standard InChI is InChI=1S/C15H18BrN.C15H19N.C14H15NO2.C14H13NO2.C9H7NO2.C5H8O/c1-10-7-8-12-13(9-10)17(2)15(16)14(12)11-5-3-4-6-11;1-11-7-8-13-14(12-5-3-4-6-12)10-16(2)15(13)9-11;2*16-14(17)10-5-6-11-12(8-15-13(11)7-10)9-3-1-2-4-9;11-9(12)7-2-1-6-3-4-10-8(6)5-7;6-5-3-1-2-4-5/h7-9,11H,3-6H2,1-2H3;7-10,12H,3-6H2,1-2H3;5-9,15H,1-4H2,(H,16,17);3,5-8,15H,1-2,4H2,(H,16,17);1-5,10H,(H,11,12);1-4H2/p+1. The second kappa shape index (κ2) is 27.4. The van der Waals surface area contributed by atoms with Gasteiger partial charge in [-0.1, -0.05) is 87.1 Å². The van der Waals surface area contributed by atoms with Crippen LogP contribution in [-0.2, 0) is 18.9 Å². The quantitative estimate of drug-likeness (QED) is 0.0987. The first-order valence-electron chi connectivity index (χ1n) is 30.6. The van der Waals surface area contributed by atoms with Crippen molar-refractivity contribution < 1.29 is 34.5 Å². The molecule has 7 N–H and O–H groups in total. The fourth-order valence-electron chi connectivity index (χ4n) is 13.5. The molecule has 85 heavy (non-hydrogen) atoms. The molecule has 0 atom stereocenters. The van der Waals surface area contributed by atoms with Crippen LogP contribution in [0.3, 0.4) is 0 Å². The third-order valence-electron chi connectivity index (χ3n) is 18.1. The Bertz CT molecular complexity index is 4050. The Morgan fingerprint density at radius 3 is 1.71 bits per heavy atom. The Morgan fingerprint density at radius 1 is 0.553 bits per heavy atom. The van der Waals surface area contributed by atoms with Crippen LogP contribution < -0.4 is 0 Å². The molecule has 4 saturated carbocycles. The van der Waals surface area contributed by atoms with Gasteiger partial charge >= 0.3 is 17.9 Å². The lowest BCUT2D eigenvalue weighted by molar-refractivity contribution is -0.117. The number of carboxylic acid groups (broad SMARTS) is 2. The van der Waals surface area contributed by atoms with Gasteiger partial charge in [-0.05, 0) is 212 Å². The highest BCUT2D eigenvalue weighted by atomic mass is 79.9. The molecule has 442 valence electrons. The molecule has 5 aromatic carbocycles. The number of Topliss-reactive ketones (excluding diaryl/α,β-unsaturated/α-hetero) is 1. The summed E-state index contributed by atoms with van der Waals surface area (Å²) in [5.41, 5.74) is 16.4. The molecule has 5 heterocycles. The molecule has 10 aromatic rings. The van der Waals surface area contributed by atoms with E-state index in [0.717, 1.165) is 77.7 Å². The molecule has 5 aliphatic carbocycles. The van der Waals surface area contributed by atoms with Crippen LogP contribution >= 0.6 is 15.9 Å². The normalized spacial score (nSPS) is 16.1. The molecule has 0 amide bonds. The number of hydrogen-bond donors (Lipinski definition) is 5. The number of benzene rings is 5. The van der Waals surface area contributed by atoms with Gasteiger partial charge in [0.15, 0.2) is 0 Å². The second-order valence-corrected chi connectivity index (χ2v) is 24.7. The van der Waals surface area contributed by atoms with E-state index in [0.29, 0.717) is 28.4 Å². The zero-order valence-corrected chi connectivity index (χ0v) is 51.2. The third-order valence-corrected chi connectivity index (χ3v) is 19.1. The molecule has 0 aliphatic heterocycles. The van der Waals surface area contributed by atoms with E-state index < -0.39 is 17.9 Å². The van der Waals surface area contributed by atoms with E-state index in [9.17, 15) is 19.2 Å². The molecule has 15 rings (SSSR count). The molecule has 13 heteroatoms. The SMILES string of the molecule is Cc1ccc2c(C3CCCC3)c(Br)n(C)c2c1.Cc1ccc2c(C3CCCC3)cn(C)c2c1.O=C(O)c1ccc2c(C3CCCC3)c[nH]c2c1.O=C(O)c1ccc2cc[nH]c2c1.O=C([OH2+])c1ccc2c(C3=CCCC3)c[nH]c2c1.O=C1CCCC1. The second-order valence-electron chi connectivity index (χ2n) is 24.0. The smallest absolute Gasteiger partial charge is 0.549 e. The van der Waals surface area contributed by atoms with Gasteiger partial charge in [0.25, 0.3) is 0 Å². The number of fused-ring (bicyclic) bond motifs is 5. The predicted octanol–water partition coefficient (Wildman–Crippen LogP) is 18.2. The lowest BCUT2D eigenvalue weighted by Crippen LogP contribution is -1.95. The maximum absolute atomic E-state index is 11.0. The zero-order chi connectivity index (χ0) is 59.7. The Hall–Kier alpha value is -7.90. The fourth-order valence-corrected chi connectivity index (χ4v) is 14.2. The molecule has 0 unspecified atom stereocenters. The van der Waals surface area contributed by atoms with Crippen molar-refractivity contribution in [3.8, 4) is 0 Å². The molecule has 4 fully saturated rings. The van der Waals surface area contributed by atoms with Crippen LogP contribution in [0.4, 0.5) is 0 Å². The molecule has 0 bridgehead atoms. The number of aromatic amines is 3. The van der Waals surface area contributed by atoms with E-state index >= 15 is 0 Å². The van der Waals surface area contributed by atoms with E-state index in [1.165, 1.54) is 143 Å². The van der Waals surface area contributed by atoms with Crippen LogP contribution in [0.25, 0.3) is 60.1 Å². The molecule has 5 aliphatic rings. The number of halogens is 1. The van der Waals surface area contributed by atoms with Crippen LogP contribution in [0, 0.1) is 13.8 Å². The molecule has 0 radical (unpaired) electrons. The number of ketones is 1. The number of carbonyl (C=O) groups excluding carboxylic acids is 2. The first-order valence-corrected chi connectivity index (χ1v) is 31.4. The van der Waals surface area contributed by atoms with Crippen molar-refractivity contribution in [2.24, 2.45) is 14.1 Å². The van der Waals surface area contributed by atoms with Gasteiger partial charge in [0, 0.05) is 111 Å². The lowest BCUT2D eigenvalue weighted by Gasteiger charge is -2.09. The number of nitrogens with zero attached hydrogens (tertiary/aromatic N) is 2. The van der Waals surface area contributed by atoms with Crippen molar-refractivity contribution in [1.29, 1.82) is 0 Å². The maximum atomic E-state index is 11.0. The fraction of sp³-hybridized carbons (Fsp3) is 0.361. The number of rotatable bonds is 7. The van der Waals surface area contributed by atoms with Crippen LogP contribution in [0.1, 0.15) is 204 Å². The summed E-state index contributed by atoms with van der Waals surface area (Å²) in [5, 5.41) is 31.0. The largest absolute Gasteiger partial charge is 0.561 e.